The zero-order valence-electron chi connectivity index (χ0n) is 11.8. The summed E-state index contributed by atoms with van der Waals surface area (Å²) in [6, 6.07) is 17.8. The van der Waals surface area contributed by atoms with E-state index >= 15 is 0 Å². The van der Waals surface area contributed by atoms with Crippen molar-refractivity contribution >= 4 is 10.9 Å². The Morgan fingerprint density at radius 3 is 2.71 bits per heavy atom. The second-order valence-corrected chi connectivity index (χ2v) is 4.80. The van der Waals surface area contributed by atoms with Gasteiger partial charge in [-0.2, -0.15) is 0 Å². The molecular weight excluding hydrogens is 262 g/mol. The van der Waals surface area contributed by atoms with E-state index in [0.717, 1.165) is 27.8 Å². The Balaban J connectivity index is 2.13. The van der Waals surface area contributed by atoms with Gasteiger partial charge in [-0.25, -0.2) is 5.43 Å². The molecule has 1 atom stereocenters. The smallest absolute Gasteiger partial charge is 0.119 e. The Morgan fingerprint density at radius 2 is 1.90 bits per heavy atom. The highest BCUT2D eigenvalue weighted by atomic mass is 16.5. The molecule has 0 fully saturated rings. The zero-order chi connectivity index (χ0) is 14.7. The lowest BCUT2D eigenvalue weighted by molar-refractivity contribution is 0.413. The molecule has 3 N–H and O–H groups in total. The van der Waals surface area contributed by atoms with Crippen LogP contribution in [-0.4, -0.2) is 12.1 Å². The van der Waals surface area contributed by atoms with Crippen molar-refractivity contribution < 1.29 is 4.74 Å². The van der Waals surface area contributed by atoms with Crippen LogP contribution in [0.2, 0.25) is 0 Å². The highest BCUT2D eigenvalue weighted by molar-refractivity contribution is 5.82. The highest BCUT2D eigenvalue weighted by Gasteiger charge is 2.16. The number of para-hydroxylation sites is 1. The number of aromatic nitrogens is 1. The number of pyridine rings is 1. The van der Waals surface area contributed by atoms with Crippen LogP contribution in [0.15, 0.2) is 60.8 Å². The Hall–Kier alpha value is -2.43. The van der Waals surface area contributed by atoms with Gasteiger partial charge in [0.05, 0.1) is 18.7 Å². The maximum absolute atomic E-state index is 5.80. The average Bonchev–Trinajstić information content (AvgIpc) is 2.56. The van der Waals surface area contributed by atoms with Gasteiger partial charge in [0.2, 0.25) is 0 Å². The van der Waals surface area contributed by atoms with E-state index in [1.807, 2.05) is 54.6 Å². The largest absolute Gasteiger partial charge is 0.497 e. The molecule has 106 valence electrons. The predicted octanol–water partition coefficient (Wildman–Crippen LogP) is 2.80. The summed E-state index contributed by atoms with van der Waals surface area (Å²) in [5.74, 6) is 6.61. The minimum Gasteiger partial charge on any atom is -0.497 e. The standard InChI is InChI=1S/C17H17N3O/c1-21-14-8-2-6-13(11-14)17(20-18)15-9-3-5-12-7-4-10-19-16(12)15/h2-11,17,20H,18H2,1H3. The van der Waals surface area contributed by atoms with Gasteiger partial charge in [0.25, 0.3) is 0 Å². The maximum atomic E-state index is 5.80. The summed E-state index contributed by atoms with van der Waals surface area (Å²) in [5, 5.41) is 1.10. The lowest BCUT2D eigenvalue weighted by Crippen LogP contribution is -2.29. The normalized spacial score (nSPS) is 12.3. The van der Waals surface area contributed by atoms with Crippen molar-refractivity contribution in [2.45, 2.75) is 6.04 Å². The number of fused-ring (bicyclic) bond motifs is 1. The number of benzene rings is 2. The monoisotopic (exact) mass is 279 g/mol. The number of nitrogens with zero attached hydrogens (tertiary/aromatic N) is 1. The van der Waals surface area contributed by atoms with Gasteiger partial charge in [-0.1, -0.05) is 36.4 Å². The van der Waals surface area contributed by atoms with Crippen LogP contribution in [0.3, 0.4) is 0 Å². The molecule has 0 spiro atoms. The number of nitrogens with two attached hydrogens (primary N) is 1. The number of nitrogens with one attached hydrogen (secondary N) is 1. The first kappa shape index (κ1) is 13.5. The molecule has 21 heavy (non-hydrogen) atoms. The van der Waals surface area contributed by atoms with Crippen LogP contribution < -0.4 is 16.0 Å². The highest BCUT2D eigenvalue weighted by Crippen LogP contribution is 2.28. The van der Waals surface area contributed by atoms with Crippen molar-refractivity contribution in [2.24, 2.45) is 5.84 Å². The summed E-state index contributed by atoms with van der Waals surface area (Å²) in [4.78, 5) is 4.49. The van der Waals surface area contributed by atoms with Crippen LogP contribution in [0, 0.1) is 0 Å². The van der Waals surface area contributed by atoms with Crippen LogP contribution in [0.1, 0.15) is 17.2 Å². The summed E-state index contributed by atoms with van der Waals surface area (Å²) < 4.78 is 5.29. The fraction of sp³-hybridized carbons (Fsp3) is 0.118. The summed E-state index contributed by atoms with van der Waals surface area (Å²) in [5.41, 5.74) is 5.91. The quantitative estimate of drug-likeness (QED) is 0.569. The molecule has 0 aliphatic rings. The van der Waals surface area contributed by atoms with E-state index in [1.54, 1.807) is 13.3 Å². The number of hydrogen-bond donors (Lipinski definition) is 2. The van der Waals surface area contributed by atoms with Gasteiger partial charge < -0.3 is 4.74 Å². The fourth-order valence-corrected chi connectivity index (χ4v) is 2.55. The first-order valence-corrected chi connectivity index (χ1v) is 6.77. The van der Waals surface area contributed by atoms with Crippen molar-refractivity contribution in [1.29, 1.82) is 0 Å². The van der Waals surface area contributed by atoms with Crippen molar-refractivity contribution in [1.82, 2.24) is 10.4 Å². The fourth-order valence-electron chi connectivity index (χ4n) is 2.55. The number of methoxy groups -OCH3 is 1. The van der Waals surface area contributed by atoms with Crippen molar-refractivity contribution in [2.75, 3.05) is 7.11 Å². The van der Waals surface area contributed by atoms with Gasteiger partial charge >= 0.3 is 0 Å². The van der Waals surface area contributed by atoms with Crippen LogP contribution >= 0.6 is 0 Å². The number of ether oxygens (including phenoxy) is 1. The number of hydrogen-bond acceptors (Lipinski definition) is 4. The Morgan fingerprint density at radius 1 is 1.10 bits per heavy atom. The molecule has 1 aromatic heterocycles. The summed E-state index contributed by atoms with van der Waals surface area (Å²) >= 11 is 0. The average molecular weight is 279 g/mol. The first-order valence-electron chi connectivity index (χ1n) is 6.77. The molecule has 0 saturated carbocycles. The number of hydrazine groups is 1. The molecule has 1 heterocycles. The molecule has 1 unspecified atom stereocenters. The summed E-state index contributed by atoms with van der Waals surface area (Å²) in [6.07, 6.45) is 1.80. The molecule has 4 heteroatoms. The minimum absolute atomic E-state index is 0.140. The number of rotatable bonds is 4. The maximum Gasteiger partial charge on any atom is 0.119 e. The third-order valence-electron chi connectivity index (χ3n) is 3.57. The molecular formula is C17H17N3O. The molecule has 3 aromatic rings. The van der Waals surface area contributed by atoms with Crippen LogP contribution in [0.4, 0.5) is 0 Å². The topological polar surface area (TPSA) is 60.2 Å². The van der Waals surface area contributed by atoms with Crippen molar-refractivity contribution in [3.63, 3.8) is 0 Å². The molecule has 0 amide bonds. The van der Waals surface area contributed by atoms with Crippen molar-refractivity contribution in [3.8, 4) is 5.75 Å². The SMILES string of the molecule is COc1cccc(C(NN)c2cccc3cccnc23)c1. The first-order chi connectivity index (χ1) is 10.3. The van der Waals surface area contributed by atoms with Gasteiger partial charge in [0, 0.05) is 17.1 Å². The van der Waals surface area contributed by atoms with Gasteiger partial charge in [0.1, 0.15) is 5.75 Å². The lowest BCUT2D eigenvalue weighted by atomic mass is 9.96. The third-order valence-corrected chi connectivity index (χ3v) is 3.57. The van der Waals surface area contributed by atoms with Gasteiger partial charge in [-0.05, 0) is 23.8 Å². The van der Waals surface area contributed by atoms with Gasteiger partial charge in [-0.3, -0.25) is 10.8 Å². The third kappa shape index (κ3) is 2.59. The van der Waals surface area contributed by atoms with Gasteiger partial charge in [0.15, 0.2) is 0 Å². The van der Waals surface area contributed by atoms with Crippen LogP contribution in [0.25, 0.3) is 10.9 Å². The minimum atomic E-state index is -0.140. The molecule has 0 radical (unpaired) electrons. The zero-order valence-corrected chi connectivity index (χ0v) is 11.8. The molecule has 4 nitrogen and oxygen atoms in total. The second kappa shape index (κ2) is 5.91. The predicted molar refractivity (Wildman–Crippen MR) is 83.9 cm³/mol. The lowest BCUT2D eigenvalue weighted by Gasteiger charge is -2.19. The Labute approximate surface area is 123 Å². The molecule has 3 rings (SSSR count). The van der Waals surface area contributed by atoms with E-state index in [2.05, 4.69) is 10.4 Å². The van der Waals surface area contributed by atoms with E-state index in [-0.39, 0.29) is 6.04 Å². The molecule has 2 aromatic carbocycles. The van der Waals surface area contributed by atoms with Crippen molar-refractivity contribution in [3.05, 3.63) is 71.9 Å². The second-order valence-electron chi connectivity index (χ2n) is 4.80. The van der Waals surface area contributed by atoms with E-state index in [0.29, 0.717) is 0 Å². The van der Waals surface area contributed by atoms with Crippen LogP contribution in [-0.2, 0) is 0 Å². The van der Waals surface area contributed by atoms with E-state index in [4.69, 9.17) is 10.6 Å². The van der Waals surface area contributed by atoms with E-state index < -0.39 is 0 Å². The molecule has 0 bridgehead atoms. The molecule has 0 aliphatic heterocycles. The Bertz CT molecular complexity index is 752. The van der Waals surface area contributed by atoms with E-state index in [1.165, 1.54) is 0 Å². The van der Waals surface area contributed by atoms with Crippen LogP contribution in [0.5, 0.6) is 5.75 Å². The summed E-state index contributed by atoms with van der Waals surface area (Å²) in [7, 11) is 1.66. The summed E-state index contributed by atoms with van der Waals surface area (Å²) in [6.45, 7) is 0. The molecule has 0 saturated heterocycles. The Kier molecular flexibility index (Phi) is 3.81. The van der Waals surface area contributed by atoms with E-state index in [9.17, 15) is 0 Å². The molecule has 0 aliphatic carbocycles. The van der Waals surface area contributed by atoms with Gasteiger partial charge in [-0.15, -0.1) is 0 Å².